The molecule has 3 N–H and O–H groups in total. The summed E-state index contributed by atoms with van der Waals surface area (Å²) in [6.45, 7) is 13.5. The van der Waals surface area contributed by atoms with Crippen LogP contribution in [0.15, 0.2) is 54.6 Å². The molecule has 0 aliphatic carbocycles. The molecule has 3 unspecified atom stereocenters. The van der Waals surface area contributed by atoms with Crippen LogP contribution in [0, 0.1) is 0 Å². The van der Waals surface area contributed by atoms with Gasteiger partial charge < -0.3 is 25.4 Å². The van der Waals surface area contributed by atoms with Gasteiger partial charge in [-0.15, -0.1) is 0 Å². The summed E-state index contributed by atoms with van der Waals surface area (Å²) in [6, 6.07) is 17.0. The average Bonchev–Trinajstić information content (AvgIpc) is 2.92. The maximum atomic E-state index is 13.6. The molecule has 2 saturated heterocycles. The van der Waals surface area contributed by atoms with Crippen molar-refractivity contribution < 1.29 is 23.9 Å². The van der Waals surface area contributed by atoms with Gasteiger partial charge in [-0.3, -0.25) is 9.69 Å². The molecule has 4 rings (SSSR count). The van der Waals surface area contributed by atoms with Gasteiger partial charge in [0.05, 0.1) is 11.6 Å². The summed E-state index contributed by atoms with van der Waals surface area (Å²) in [7, 11) is 0. The van der Waals surface area contributed by atoms with Gasteiger partial charge in [-0.1, -0.05) is 30.3 Å². The molecule has 2 heterocycles. The Morgan fingerprint density at radius 1 is 0.857 bits per heavy atom. The number of hydrogen-bond donors (Lipinski definition) is 3. The highest BCUT2D eigenvalue weighted by Crippen LogP contribution is 2.32. The zero-order valence-electron chi connectivity index (χ0n) is 25.7. The standard InChI is InChI=1S/C33H46N4O5/c1-32(2,3)41-30(39)23-12-14-24(15-13-23)35-29(38)28-27(22-10-8-7-9-11-22)20-26(21-34-28)37-18-16-25(17-19-37)36-31(40)42-33(4,5)6/h7-15,25-28,34H,16-21H2,1-6H3,(H,35,38)(H,36,40). The van der Waals surface area contributed by atoms with Crippen molar-refractivity contribution in [3.63, 3.8) is 0 Å². The number of rotatable bonds is 6. The van der Waals surface area contributed by atoms with Crippen LogP contribution >= 0.6 is 0 Å². The summed E-state index contributed by atoms with van der Waals surface area (Å²) in [5.74, 6) is -0.509. The summed E-state index contributed by atoms with van der Waals surface area (Å²) >= 11 is 0. The van der Waals surface area contributed by atoms with Gasteiger partial charge in [-0.25, -0.2) is 9.59 Å². The summed E-state index contributed by atoms with van der Waals surface area (Å²) in [5, 5.41) is 9.60. The van der Waals surface area contributed by atoms with Crippen LogP contribution in [-0.4, -0.2) is 71.8 Å². The van der Waals surface area contributed by atoms with Crippen molar-refractivity contribution in [3.8, 4) is 0 Å². The van der Waals surface area contributed by atoms with Crippen LogP contribution in [0.5, 0.6) is 0 Å². The molecule has 0 saturated carbocycles. The lowest BCUT2D eigenvalue weighted by Gasteiger charge is -2.44. The normalized spacial score (nSPS) is 22.2. The number of benzene rings is 2. The van der Waals surface area contributed by atoms with Crippen molar-refractivity contribution in [2.24, 2.45) is 0 Å². The third kappa shape index (κ3) is 9.03. The molecule has 2 aliphatic rings. The first kappa shape index (κ1) is 31.5. The van der Waals surface area contributed by atoms with E-state index in [1.807, 2.05) is 59.7 Å². The van der Waals surface area contributed by atoms with Gasteiger partial charge >= 0.3 is 12.1 Å². The van der Waals surface area contributed by atoms with Crippen molar-refractivity contribution in [1.29, 1.82) is 0 Å². The Kier molecular flexibility index (Phi) is 9.94. The minimum atomic E-state index is -0.576. The maximum Gasteiger partial charge on any atom is 0.407 e. The average molecular weight is 579 g/mol. The number of anilines is 1. The van der Waals surface area contributed by atoms with Crippen molar-refractivity contribution in [3.05, 3.63) is 65.7 Å². The topological polar surface area (TPSA) is 109 Å². The van der Waals surface area contributed by atoms with E-state index in [4.69, 9.17) is 9.47 Å². The molecular formula is C33H46N4O5. The van der Waals surface area contributed by atoms with E-state index in [-0.39, 0.29) is 30.0 Å². The number of amides is 2. The summed E-state index contributed by atoms with van der Waals surface area (Å²) in [5.41, 5.74) is 1.10. The molecule has 2 fully saturated rings. The van der Waals surface area contributed by atoms with Gasteiger partial charge in [0.15, 0.2) is 0 Å². The zero-order chi connectivity index (χ0) is 30.5. The van der Waals surface area contributed by atoms with Crippen molar-refractivity contribution in [2.45, 2.75) is 96.1 Å². The summed E-state index contributed by atoms with van der Waals surface area (Å²) in [4.78, 5) is 40.6. The smallest absolute Gasteiger partial charge is 0.407 e. The monoisotopic (exact) mass is 578 g/mol. The van der Waals surface area contributed by atoms with Crippen molar-refractivity contribution in [2.75, 3.05) is 25.0 Å². The molecule has 2 aromatic rings. The SMILES string of the molecule is CC(C)(C)OC(=O)NC1CCN(C2CNC(C(=O)Nc3ccc(C(=O)OC(C)(C)C)cc3)C(c3ccccc3)C2)CC1. The summed E-state index contributed by atoms with van der Waals surface area (Å²) in [6.07, 6.45) is 2.19. The highest BCUT2D eigenvalue weighted by atomic mass is 16.6. The Morgan fingerprint density at radius 3 is 2.07 bits per heavy atom. The van der Waals surface area contributed by atoms with Crippen molar-refractivity contribution >= 4 is 23.7 Å². The molecule has 2 aromatic carbocycles. The number of ether oxygens (including phenoxy) is 2. The van der Waals surface area contributed by atoms with E-state index >= 15 is 0 Å². The van der Waals surface area contributed by atoms with Crippen LogP contribution in [0.3, 0.4) is 0 Å². The molecule has 2 amide bonds. The van der Waals surface area contributed by atoms with Crippen LogP contribution in [0.25, 0.3) is 0 Å². The maximum absolute atomic E-state index is 13.6. The van der Waals surface area contributed by atoms with Crippen LogP contribution in [0.1, 0.15) is 82.6 Å². The van der Waals surface area contributed by atoms with Gasteiger partial charge in [0, 0.05) is 43.3 Å². The number of nitrogens with one attached hydrogen (secondary N) is 3. The number of likely N-dealkylation sites (tertiary alicyclic amines) is 1. The first-order valence-electron chi connectivity index (χ1n) is 14.9. The van der Waals surface area contributed by atoms with E-state index in [9.17, 15) is 14.4 Å². The molecule has 2 aliphatic heterocycles. The Labute approximate surface area is 249 Å². The number of alkyl carbamates (subject to hydrolysis) is 1. The lowest BCUT2D eigenvalue weighted by atomic mass is 9.81. The first-order chi connectivity index (χ1) is 19.8. The van der Waals surface area contributed by atoms with E-state index in [1.54, 1.807) is 24.3 Å². The second kappa shape index (κ2) is 13.3. The molecule has 228 valence electrons. The molecule has 42 heavy (non-hydrogen) atoms. The van der Waals surface area contributed by atoms with Gasteiger partial charge in [0.25, 0.3) is 0 Å². The highest BCUT2D eigenvalue weighted by molar-refractivity contribution is 5.96. The molecule has 9 heteroatoms. The van der Waals surface area contributed by atoms with E-state index < -0.39 is 23.2 Å². The van der Waals surface area contributed by atoms with Gasteiger partial charge in [-0.05, 0) is 90.6 Å². The number of hydrogen-bond acceptors (Lipinski definition) is 7. The highest BCUT2D eigenvalue weighted by Gasteiger charge is 2.38. The third-order valence-corrected chi connectivity index (χ3v) is 7.57. The predicted molar refractivity (Wildman–Crippen MR) is 164 cm³/mol. The van der Waals surface area contributed by atoms with Gasteiger partial charge in [-0.2, -0.15) is 0 Å². The number of carbonyl (C=O) groups excluding carboxylic acids is 3. The minimum absolute atomic E-state index is 0.0106. The molecule has 3 atom stereocenters. The Morgan fingerprint density at radius 2 is 1.48 bits per heavy atom. The quantitative estimate of drug-likeness (QED) is 0.410. The van der Waals surface area contributed by atoms with Gasteiger partial charge in [0.2, 0.25) is 5.91 Å². The van der Waals surface area contributed by atoms with Gasteiger partial charge in [0.1, 0.15) is 11.2 Å². The Bertz CT molecular complexity index is 1210. The number of piperidine rings is 2. The molecule has 0 bridgehead atoms. The second-order valence-corrected chi connectivity index (χ2v) is 13.3. The molecule has 0 spiro atoms. The van der Waals surface area contributed by atoms with Crippen LogP contribution in [-0.2, 0) is 14.3 Å². The minimum Gasteiger partial charge on any atom is -0.456 e. The van der Waals surface area contributed by atoms with E-state index in [2.05, 4.69) is 33.0 Å². The van der Waals surface area contributed by atoms with E-state index in [0.29, 0.717) is 17.8 Å². The fourth-order valence-electron chi connectivity index (χ4n) is 5.63. The van der Waals surface area contributed by atoms with E-state index in [0.717, 1.165) is 37.9 Å². The van der Waals surface area contributed by atoms with Crippen LogP contribution < -0.4 is 16.0 Å². The van der Waals surface area contributed by atoms with Crippen molar-refractivity contribution in [1.82, 2.24) is 15.5 Å². The first-order valence-corrected chi connectivity index (χ1v) is 14.9. The summed E-state index contributed by atoms with van der Waals surface area (Å²) < 4.78 is 10.9. The predicted octanol–water partition coefficient (Wildman–Crippen LogP) is 5.08. The van der Waals surface area contributed by atoms with E-state index in [1.165, 1.54) is 0 Å². The third-order valence-electron chi connectivity index (χ3n) is 7.57. The number of nitrogens with zero attached hydrogens (tertiary/aromatic N) is 1. The number of esters is 1. The molecule has 9 nitrogen and oxygen atoms in total. The number of carbonyl (C=O) groups is 3. The zero-order valence-corrected chi connectivity index (χ0v) is 25.7. The van der Waals surface area contributed by atoms with Crippen LogP contribution in [0.4, 0.5) is 10.5 Å². The van der Waals surface area contributed by atoms with Crippen LogP contribution in [0.2, 0.25) is 0 Å². The molecule has 0 aromatic heterocycles. The Balaban J connectivity index is 1.37. The molecule has 0 radical (unpaired) electrons. The Hall–Kier alpha value is -3.43. The lowest BCUT2D eigenvalue weighted by Crippen LogP contribution is -2.58. The lowest BCUT2D eigenvalue weighted by molar-refractivity contribution is -0.119. The fourth-order valence-corrected chi connectivity index (χ4v) is 5.63. The second-order valence-electron chi connectivity index (χ2n) is 13.3. The largest absolute Gasteiger partial charge is 0.456 e. The molecular weight excluding hydrogens is 532 g/mol. The fraction of sp³-hybridized carbons (Fsp3) is 0.545.